The van der Waals surface area contributed by atoms with E-state index in [0.717, 1.165) is 0 Å². The van der Waals surface area contributed by atoms with Crippen molar-refractivity contribution in [2.75, 3.05) is 13.1 Å². The molecule has 0 saturated carbocycles. The van der Waals surface area contributed by atoms with E-state index in [1.165, 1.54) is 32.4 Å². The van der Waals surface area contributed by atoms with Crippen LogP contribution < -0.4 is 0 Å². The van der Waals surface area contributed by atoms with Crippen molar-refractivity contribution in [1.29, 1.82) is 0 Å². The summed E-state index contributed by atoms with van der Waals surface area (Å²) in [5.74, 6) is 0. The number of unbranched alkanes of at least 4 members (excludes halogenated alkanes) is 1. The topological polar surface area (TPSA) is 13.0 Å². The predicted octanol–water partition coefficient (Wildman–Crippen LogP) is 4.32. The molecule has 0 aliphatic carbocycles. The van der Waals surface area contributed by atoms with Crippen LogP contribution in [-0.2, 0) is 0 Å². The molecule has 0 unspecified atom stereocenters. The Balaban J connectivity index is 2.61. The quantitative estimate of drug-likeness (QED) is 0.547. The summed E-state index contributed by atoms with van der Waals surface area (Å²) in [5, 5.41) is 0. The van der Waals surface area contributed by atoms with Gasteiger partial charge >= 0.3 is 170 Å². The molecule has 2 rings (SSSR count). The number of hydrogen-bond donors (Lipinski definition) is 0. The second kappa shape index (κ2) is 7.82. The Hall–Kier alpha value is 0.658. The fourth-order valence-electron chi connectivity index (χ4n) is 5.43. The Morgan fingerprint density at radius 3 is 1.46 bits per heavy atom. The van der Waals surface area contributed by atoms with Gasteiger partial charge in [0.05, 0.1) is 0 Å². The number of nitrogens with zero attached hydrogens (tertiary/aromatic N) is 4. The van der Waals surface area contributed by atoms with E-state index in [1.807, 2.05) is 0 Å². The van der Waals surface area contributed by atoms with Crippen LogP contribution in [-0.4, -0.2) is 74.6 Å². The van der Waals surface area contributed by atoms with Gasteiger partial charge in [0, 0.05) is 0 Å². The van der Waals surface area contributed by atoms with Crippen LogP contribution in [0.4, 0.5) is 0 Å². The minimum absolute atomic E-state index is 0.228. The van der Waals surface area contributed by atoms with Gasteiger partial charge in [-0.15, -0.1) is 0 Å². The van der Waals surface area contributed by atoms with Gasteiger partial charge in [-0.2, -0.15) is 0 Å². The number of rotatable bonds is 5. The molecule has 0 bridgehead atoms. The zero-order valence-corrected chi connectivity index (χ0v) is 22.4. The second-order valence-corrected chi connectivity index (χ2v) is 20.3. The third kappa shape index (κ3) is 3.63. The molecule has 2 fully saturated rings. The maximum atomic E-state index is 3.04. The summed E-state index contributed by atoms with van der Waals surface area (Å²) in [6.45, 7) is 29.2. The van der Waals surface area contributed by atoms with E-state index in [0.29, 0.717) is 18.2 Å². The minimum atomic E-state index is -3.08. The van der Waals surface area contributed by atoms with Crippen molar-refractivity contribution in [3.05, 3.63) is 0 Å². The number of hydrogen-bond acceptors (Lipinski definition) is 4. The Labute approximate surface area is 169 Å². The van der Waals surface area contributed by atoms with Gasteiger partial charge in [0.2, 0.25) is 0 Å². The zero-order chi connectivity index (χ0) is 20.1. The molecular weight excluding hydrogens is 430 g/mol. The van der Waals surface area contributed by atoms with E-state index >= 15 is 0 Å². The molecule has 2 aliphatic heterocycles. The normalized spacial score (nSPS) is 27.7. The molecule has 0 aromatic rings. The van der Waals surface area contributed by atoms with Gasteiger partial charge in [-0.05, 0) is 0 Å². The zero-order valence-electron chi connectivity index (χ0n) is 19.6. The van der Waals surface area contributed by atoms with Crippen LogP contribution >= 0.6 is 0 Å². The Morgan fingerprint density at radius 1 is 0.808 bits per heavy atom. The molecule has 2 aliphatic rings. The van der Waals surface area contributed by atoms with Gasteiger partial charge in [-0.1, -0.05) is 0 Å². The van der Waals surface area contributed by atoms with Crippen molar-refractivity contribution in [2.24, 2.45) is 0 Å². The Morgan fingerprint density at radius 2 is 1.19 bits per heavy atom. The maximum absolute atomic E-state index is 3.08. The van der Waals surface area contributed by atoms with Crippen LogP contribution in [0, 0.1) is 0 Å². The third-order valence-corrected chi connectivity index (χ3v) is 24.0. The first-order chi connectivity index (χ1) is 11.8. The van der Waals surface area contributed by atoms with Gasteiger partial charge in [-0.25, -0.2) is 0 Å². The molecule has 4 nitrogen and oxygen atoms in total. The molecular formula is C21H47N4Sb. The molecule has 0 aromatic heterocycles. The van der Waals surface area contributed by atoms with Gasteiger partial charge in [0.1, 0.15) is 0 Å². The molecule has 2 saturated heterocycles. The standard InChI is InChI=1S/C11H24N2.C10H22N2.Sb.H/c1-6-7-8-11(12-9(2)3)13-10(4)5;1-9(2,3)11-7-8-12-10(4,5)6;;/h9-11H,6-8H2,1-5H3;7-8H2,1-6H3;;/q2*-2;+4;. The van der Waals surface area contributed by atoms with Crippen LogP contribution in [0.1, 0.15) is 95.4 Å². The van der Waals surface area contributed by atoms with Crippen LogP contribution in [0.3, 0.4) is 0 Å². The van der Waals surface area contributed by atoms with Crippen molar-refractivity contribution in [3.8, 4) is 0 Å². The Bertz CT molecular complexity index is 437. The average molecular weight is 477 g/mol. The molecule has 0 N–H and O–H groups in total. The average Bonchev–Trinajstić information content (AvgIpc) is 2.84. The summed E-state index contributed by atoms with van der Waals surface area (Å²) >= 11 is -3.08. The van der Waals surface area contributed by atoms with Gasteiger partial charge in [0.15, 0.2) is 0 Å². The summed E-state index contributed by atoms with van der Waals surface area (Å²) in [6.07, 6.45) is 4.59. The molecule has 156 valence electrons. The molecule has 0 atom stereocenters. The molecule has 0 radical (unpaired) electrons. The van der Waals surface area contributed by atoms with E-state index < -0.39 is 19.9 Å². The van der Waals surface area contributed by atoms with Crippen LogP contribution in [0.15, 0.2) is 0 Å². The van der Waals surface area contributed by atoms with Crippen molar-refractivity contribution in [1.82, 2.24) is 12.2 Å². The predicted molar refractivity (Wildman–Crippen MR) is 117 cm³/mol. The molecule has 1 spiro atoms. The molecule has 0 amide bonds. The van der Waals surface area contributed by atoms with Crippen LogP contribution in [0.2, 0.25) is 0 Å². The van der Waals surface area contributed by atoms with E-state index in [9.17, 15) is 0 Å². The van der Waals surface area contributed by atoms with Gasteiger partial charge in [0.25, 0.3) is 0 Å². The Kier molecular flexibility index (Phi) is 6.90. The van der Waals surface area contributed by atoms with E-state index in [-0.39, 0.29) is 11.1 Å². The SMILES string of the molecule is CCCCC1[N](C(C)C)[SbH]2([N]1C(C)C)[N](C(C)(C)C)CC[N]2C(C)(C)C. The van der Waals surface area contributed by atoms with Crippen molar-refractivity contribution in [2.45, 2.75) is 125 Å². The van der Waals surface area contributed by atoms with Crippen molar-refractivity contribution >= 4 is 19.9 Å². The fourth-order valence-corrected chi connectivity index (χ4v) is 24.8. The molecule has 0 aromatic carbocycles. The molecule has 26 heavy (non-hydrogen) atoms. The summed E-state index contributed by atoms with van der Waals surface area (Å²) in [5.41, 5.74) is 0.457. The summed E-state index contributed by atoms with van der Waals surface area (Å²) in [6, 6.07) is 1.24. The van der Waals surface area contributed by atoms with E-state index in [1.54, 1.807) is 0 Å². The summed E-state index contributed by atoms with van der Waals surface area (Å²) in [4.78, 5) is 0. The van der Waals surface area contributed by atoms with E-state index in [2.05, 4.69) is 88.4 Å². The van der Waals surface area contributed by atoms with Crippen LogP contribution in [0.25, 0.3) is 0 Å². The first-order valence-corrected chi connectivity index (χ1v) is 16.0. The first kappa shape index (κ1) is 22.9. The van der Waals surface area contributed by atoms with Crippen molar-refractivity contribution < 1.29 is 0 Å². The summed E-state index contributed by atoms with van der Waals surface area (Å²) < 4.78 is 12.0. The van der Waals surface area contributed by atoms with Gasteiger partial charge < -0.3 is 0 Å². The molecule has 5 heteroatoms. The fraction of sp³-hybridized carbons (Fsp3) is 1.00. The second-order valence-electron chi connectivity index (χ2n) is 10.9. The van der Waals surface area contributed by atoms with Crippen molar-refractivity contribution in [3.63, 3.8) is 0 Å². The third-order valence-electron chi connectivity index (χ3n) is 6.15. The monoisotopic (exact) mass is 476 g/mol. The summed E-state index contributed by atoms with van der Waals surface area (Å²) in [7, 11) is 0. The van der Waals surface area contributed by atoms with E-state index in [4.69, 9.17) is 0 Å². The van der Waals surface area contributed by atoms with Gasteiger partial charge in [-0.3, -0.25) is 0 Å². The van der Waals surface area contributed by atoms with Crippen LogP contribution in [0.5, 0.6) is 0 Å². The first-order valence-electron chi connectivity index (χ1n) is 10.9. The molecule has 2 heterocycles.